The lowest BCUT2D eigenvalue weighted by molar-refractivity contribution is -0.566. The number of carboxylic acid groups (broad SMARTS) is 1. The summed E-state index contributed by atoms with van der Waals surface area (Å²) >= 11 is 0. The van der Waals surface area contributed by atoms with Crippen molar-refractivity contribution in [1.82, 2.24) is 10.6 Å². The van der Waals surface area contributed by atoms with Crippen LogP contribution in [0.3, 0.4) is 0 Å². The third-order valence-electron chi connectivity index (χ3n) is 7.06. The number of carbonyl (C=O) groups excluding carboxylic acids is 3. The van der Waals surface area contributed by atoms with E-state index in [1.165, 1.54) is 12.1 Å². The van der Waals surface area contributed by atoms with Crippen molar-refractivity contribution in [3.8, 4) is 0 Å². The standard InChI is InChI=1S/C27H26N4O6.C2HF3O2/c1-3-36-26(33)23-21-14-13-20-22(25(32)37-15-17-7-5-4-6-8-17)16(2)28-27(30(20)21)29-24(23)18-9-11-19(12-10-18)31(34)35;3-2(4,5)1(6)7/h4-12,20-21H,3,13-15H2,1-2H3,(H,28,29,32,33);(H,6,7)/t20-,21-;/m1./s1. The van der Waals surface area contributed by atoms with Gasteiger partial charge >= 0.3 is 24.1 Å². The molecule has 1 saturated heterocycles. The van der Waals surface area contributed by atoms with Crippen LogP contribution in [0.15, 0.2) is 71.4 Å². The monoisotopic (exact) mass is 616 g/mol. The third-order valence-corrected chi connectivity index (χ3v) is 7.06. The van der Waals surface area contributed by atoms with E-state index in [1.54, 1.807) is 19.1 Å². The van der Waals surface area contributed by atoms with Crippen LogP contribution >= 0.6 is 0 Å². The van der Waals surface area contributed by atoms with E-state index >= 15 is 0 Å². The number of hydrogen-bond donors (Lipinski definition) is 2. The van der Waals surface area contributed by atoms with E-state index in [1.807, 2.05) is 41.8 Å². The molecular weight excluding hydrogens is 589 g/mol. The number of guanidine groups is 1. The maximum Gasteiger partial charge on any atom is 0.430 e. The summed E-state index contributed by atoms with van der Waals surface area (Å²) in [7, 11) is 0. The molecule has 15 heteroatoms. The number of esters is 2. The summed E-state index contributed by atoms with van der Waals surface area (Å²) in [6.45, 7) is 3.94. The van der Waals surface area contributed by atoms with Crippen molar-refractivity contribution in [2.45, 2.75) is 51.6 Å². The third kappa shape index (κ3) is 6.71. The molecule has 3 aliphatic rings. The van der Waals surface area contributed by atoms with Crippen LogP contribution in [-0.2, 0) is 30.5 Å². The molecule has 3 heterocycles. The van der Waals surface area contributed by atoms with Crippen LogP contribution in [-0.4, -0.2) is 58.2 Å². The molecule has 12 nitrogen and oxygen atoms in total. The summed E-state index contributed by atoms with van der Waals surface area (Å²) in [5.74, 6) is -3.23. The predicted molar refractivity (Wildman–Crippen MR) is 145 cm³/mol. The predicted octanol–water partition coefficient (Wildman–Crippen LogP) is 2.29. The normalized spacial score (nSPS) is 18.8. The van der Waals surface area contributed by atoms with Gasteiger partial charge in [0.1, 0.15) is 41.5 Å². The van der Waals surface area contributed by atoms with E-state index < -0.39 is 29.0 Å². The highest BCUT2D eigenvalue weighted by Gasteiger charge is 2.51. The van der Waals surface area contributed by atoms with Crippen molar-refractivity contribution in [1.29, 1.82) is 0 Å². The Morgan fingerprint density at radius 3 is 2.07 bits per heavy atom. The Kier molecular flexibility index (Phi) is 9.35. The van der Waals surface area contributed by atoms with Gasteiger partial charge in [-0.3, -0.25) is 10.1 Å². The lowest BCUT2D eigenvalue weighted by Crippen LogP contribution is -2.56. The number of carbonyl (C=O) groups is 3. The molecule has 2 atom stereocenters. The van der Waals surface area contributed by atoms with Crippen LogP contribution in [0.2, 0.25) is 0 Å². The molecule has 44 heavy (non-hydrogen) atoms. The van der Waals surface area contributed by atoms with Crippen LogP contribution < -0.4 is 15.7 Å². The van der Waals surface area contributed by atoms with Gasteiger partial charge in [0.15, 0.2) is 0 Å². The van der Waals surface area contributed by atoms with Gasteiger partial charge in [0.2, 0.25) is 0 Å². The first kappa shape index (κ1) is 31.7. The molecule has 2 aromatic carbocycles. The van der Waals surface area contributed by atoms with Crippen molar-refractivity contribution < 1.29 is 51.6 Å². The Morgan fingerprint density at radius 2 is 1.52 bits per heavy atom. The molecule has 3 aliphatic heterocycles. The van der Waals surface area contributed by atoms with E-state index in [9.17, 15) is 32.9 Å². The average Bonchev–Trinajstić information content (AvgIpc) is 3.41. The molecule has 0 aliphatic carbocycles. The van der Waals surface area contributed by atoms with Gasteiger partial charge in [-0.1, -0.05) is 30.3 Å². The zero-order valence-corrected chi connectivity index (χ0v) is 23.5. The fourth-order valence-corrected chi connectivity index (χ4v) is 5.21. The number of nitrogens with zero attached hydrogens (tertiary/aromatic N) is 2. The number of hydrogen-bond acceptors (Lipinski definition) is 10. The van der Waals surface area contributed by atoms with Gasteiger partial charge < -0.3 is 19.4 Å². The number of rotatable bonds is 7. The summed E-state index contributed by atoms with van der Waals surface area (Å²) in [5, 5.41) is 26.5. The molecule has 0 spiro atoms. The van der Waals surface area contributed by atoms with Gasteiger partial charge in [0.25, 0.3) is 5.69 Å². The Labute approximate surface area is 248 Å². The highest BCUT2D eigenvalue weighted by Crippen LogP contribution is 2.38. The van der Waals surface area contributed by atoms with E-state index in [2.05, 4.69) is 10.6 Å². The van der Waals surface area contributed by atoms with E-state index in [0.717, 1.165) is 5.56 Å². The van der Waals surface area contributed by atoms with Crippen LogP contribution in [0.5, 0.6) is 0 Å². The molecule has 0 radical (unpaired) electrons. The van der Waals surface area contributed by atoms with Crippen LogP contribution in [0, 0.1) is 10.1 Å². The van der Waals surface area contributed by atoms with Crippen molar-refractivity contribution >= 4 is 35.3 Å². The maximum absolute atomic E-state index is 13.2. The lowest BCUT2D eigenvalue weighted by atomic mass is 9.97. The quantitative estimate of drug-likeness (QED) is 0.204. The van der Waals surface area contributed by atoms with Gasteiger partial charge in [0.05, 0.1) is 17.2 Å². The number of ether oxygens (including phenoxy) is 2. The summed E-state index contributed by atoms with van der Waals surface area (Å²) in [5.41, 5.74) is 3.65. The number of non-ortho nitro benzene ring substituents is 1. The number of nitro groups is 1. The number of aliphatic carboxylic acids is 1. The Morgan fingerprint density at radius 1 is 0.955 bits per heavy atom. The average molecular weight is 617 g/mol. The van der Waals surface area contributed by atoms with Gasteiger partial charge in [-0.25, -0.2) is 24.8 Å². The van der Waals surface area contributed by atoms with Crippen LogP contribution in [0.1, 0.15) is 37.8 Å². The summed E-state index contributed by atoms with van der Waals surface area (Å²) in [4.78, 5) is 45.8. The van der Waals surface area contributed by atoms with Crippen molar-refractivity contribution in [3.05, 3.63) is 92.7 Å². The molecule has 1 fully saturated rings. The number of allylic oxidation sites excluding steroid dienone is 1. The summed E-state index contributed by atoms with van der Waals surface area (Å²) < 4.78 is 44.6. The molecule has 0 bridgehead atoms. The minimum Gasteiger partial charge on any atom is -0.542 e. The number of alkyl halides is 3. The molecule has 232 valence electrons. The number of halogens is 3. The number of benzene rings is 2. The number of nitrogens with one attached hydrogen (secondary N) is 2. The van der Waals surface area contributed by atoms with Gasteiger partial charge in [0, 0.05) is 17.7 Å². The van der Waals surface area contributed by atoms with Crippen molar-refractivity contribution in [2.75, 3.05) is 6.61 Å². The topological polar surface area (TPSA) is 163 Å². The summed E-state index contributed by atoms with van der Waals surface area (Å²) in [6.07, 6.45) is -3.94. The zero-order valence-electron chi connectivity index (χ0n) is 23.5. The molecule has 0 aromatic heterocycles. The number of carboxylic acids is 1. The summed E-state index contributed by atoms with van der Waals surface area (Å²) in [6, 6.07) is 14.9. The first-order valence-electron chi connectivity index (χ1n) is 13.4. The Hall–Kier alpha value is -5.21. The van der Waals surface area contributed by atoms with E-state index in [4.69, 9.17) is 19.4 Å². The molecule has 0 unspecified atom stereocenters. The van der Waals surface area contributed by atoms with Crippen molar-refractivity contribution in [2.24, 2.45) is 0 Å². The SMILES string of the molecule is CCOC(=O)C1=C(c2ccc([N+](=O)[O-])cc2)NC2=[N+]3[C@H](CC[C@H]13)C(C(=O)OCc1ccccc1)=C(C)N2.O=C([O-])C(F)(F)F. The molecule has 0 amide bonds. The molecular formula is C29H27F3N4O8. The smallest absolute Gasteiger partial charge is 0.430 e. The fourth-order valence-electron chi connectivity index (χ4n) is 5.21. The second-order valence-corrected chi connectivity index (χ2v) is 9.81. The zero-order chi connectivity index (χ0) is 32.2. The first-order valence-corrected chi connectivity index (χ1v) is 13.4. The highest BCUT2D eigenvalue weighted by molar-refractivity contribution is 6.04. The molecule has 0 saturated carbocycles. The Balaban J connectivity index is 0.000000566. The fraction of sp³-hybridized carbons (Fsp3) is 0.310. The second-order valence-electron chi connectivity index (χ2n) is 9.81. The van der Waals surface area contributed by atoms with Crippen LogP contribution in [0.4, 0.5) is 18.9 Å². The van der Waals surface area contributed by atoms with Crippen molar-refractivity contribution in [3.63, 3.8) is 0 Å². The lowest BCUT2D eigenvalue weighted by Gasteiger charge is -2.32. The Bertz CT molecular complexity index is 1570. The molecule has 2 aromatic rings. The largest absolute Gasteiger partial charge is 0.542 e. The minimum absolute atomic E-state index is 0.0405. The molecule has 5 rings (SSSR count). The van der Waals surface area contributed by atoms with E-state index in [-0.39, 0.29) is 31.0 Å². The van der Waals surface area contributed by atoms with Crippen LogP contribution in [0.25, 0.3) is 5.70 Å². The van der Waals surface area contributed by atoms with E-state index in [0.29, 0.717) is 46.9 Å². The maximum atomic E-state index is 13.2. The molecule has 2 N–H and O–H groups in total. The first-order chi connectivity index (χ1) is 20.8. The van der Waals surface area contributed by atoms with Gasteiger partial charge in [-0.05, 0) is 44.4 Å². The minimum atomic E-state index is -5.19. The van der Waals surface area contributed by atoms with Gasteiger partial charge in [-0.2, -0.15) is 13.2 Å². The van der Waals surface area contributed by atoms with Gasteiger partial charge in [-0.15, -0.1) is 0 Å². The second kappa shape index (κ2) is 13.0. The number of nitro benzene ring substituents is 1. The highest BCUT2D eigenvalue weighted by atomic mass is 19.4.